The van der Waals surface area contributed by atoms with E-state index in [-0.39, 0.29) is 6.10 Å². The molecular formula is C8H19O4P. The van der Waals surface area contributed by atoms with Crippen molar-refractivity contribution in [2.75, 3.05) is 14.2 Å². The molecule has 80 valence electrons. The first kappa shape index (κ1) is 13.1. The molecule has 0 fully saturated rings. The lowest BCUT2D eigenvalue weighted by atomic mass is 10.1. The van der Waals surface area contributed by atoms with Crippen molar-refractivity contribution in [3.05, 3.63) is 0 Å². The van der Waals surface area contributed by atoms with E-state index in [4.69, 9.17) is 4.52 Å². The molecule has 0 amide bonds. The first-order chi connectivity index (χ1) is 5.93. The summed E-state index contributed by atoms with van der Waals surface area (Å²) in [5.41, 5.74) is 0. The van der Waals surface area contributed by atoms with Crippen molar-refractivity contribution in [3.63, 3.8) is 0 Å². The summed E-state index contributed by atoms with van der Waals surface area (Å²) >= 11 is 0. The number of hydrogen-bond acceptors (Lipinski definition) is 4. The molecule has 0 aromatic carbocycles. The summed E-state index contributed by atoms with van der Waals surface area (Å²) in [6, 6.07) is 0. The SMILES string of the molecule is COP(=O)(OC)OC(C)CC(C)C. The van der Waals surface area contributed by atoms with Crippen molar-refractivity contribution in [1.29, 1.82) is 0 Å². The zero-order chi connectivity index (χ0) is 10.5. The molecule has 0 saturated heterocycles. The van der Waals surface area contributed by atoms with Crippen molar-refractivity contribution in [2.45, 2.75) is 33.3 Å². The molecule has 0 saturated carbocycles. The maximum absolute atomic E-state index is 11.5. The first-order valence-corrected chi connectivity index (χ1v) is 5.79. The monoisotopic (exact) mass is 210 g/mol. The lowest BCUT2D eigenvalue weighted by molar-refractivity contribution is 0.102. The number of phosphoric acid groups is 1. The molecule has 13 heavy (non-hydrogen) atoms. The van der Waals surface area contributed by atoms with E-state index in [0.717, 1.165) is 6.42 Å². The second-order valence-corrected chi connectivity index (χ2v) is 5.19. The Morgan fingerprint density at radius 3 is 1.92 bits per heavy atom. The van der Waals surface area contributed by atoms with Crippen molar-refractivity contribution in [2.24, 2.45) is 5.92 Å². The van der Waals surface area contributed by atoms with Crippen LogP contribution >= 0.6 is 7.82 Å². The van der Waals surface area contributed by atoms with Gasteiger partial charge in [-0.1, -0.05) is 13.8 Å². The van der Waals surface area contributed by atoms with Crippen LogP contribution in [0.25, 0.3) is 0 Å². The van der Waals surface area contributed by atoms with Crippen molar-refractivity contribution >= 4 is 7.82 Å². The van der Waals surface area contributed by atoms with Gasteiger partial charge in [-0.15, -0.1) is 0 Å². The smallest absolute Gasteiger partial charge is 0.290 e. The van der Waals surface area contributed by atoms with Gasteiger partial charge >= 0.3 is 7.82 Å². The molecule has 1 unspecified atom stereocenters. The van der Waals surface area contributed by atoms with Crippen molar-refractivity contribution < 1.29 is 18.1 Å². The fraction of sp³-hybridized carbons (Fsp3) is 1.00. The summed E-state index contributed by atoms with van der Waals surface area (Å²) in [6.07, 6.45) is 0.710. The van der Waals surface area contributed by atoms with Crippen LogP contribution in [0.4, 0.5) is 0 Å². The highest BCUT2D eigenvalue weighted by Crippen LogP contribution is 2.49. The van der Waals surface area contributed by atoms with Gasteiger partial charge < -0.3 is 0 Å². The van der Waals surface area contributed by atoms with Gasteiger partial charge in [-0.25, -0.2) is 4.57 Å². The Bertz CT molecular complexity index is 173. The maximum atomic E-state index is 11.5. The standard InChI is InChI=1S/C8H19O4P/c1-7(2)6-8(3)12-13(9,10-4)11-5/h7-8H,6H2,1-5H3. The van der Waals surface area contributed by atoms with Crippen LogP contribution in [0, 0.1) is 5.92 Å². The Morgan fingerprint density at radius 1 is 1.15 bits per heavy atom. The summed E-state index contributed by atoms with van der Waals surface area (Å²) in [7, 11) is -0.670. The van der Waals surface area contributed by atoms with Crippen LogP contribution in [0.15, 0.2) is 0 Å². The molecule has 0 N–H and O–H groups in total. The largest absolute Gasteiger partial charge is 0.474 e. The second-order valence-electron chi connectivity index (χ2n) is 3.36. The molecule has 1 atom stereocenters. The van der Waals surface area contributed by atoms with Gasteiger partial charge in [0.25, 0.3) is 0 Å². The Balaban J connectivity index is 4.02. The highest BCUT2D eigenvalue weighted by Gasteiger charge is 2.25. The van der Waals surface area contributed by atoms with Gasteiger partial charge in [0.05, 0.1) is 6.10 Å². The fourth-order valence-corrected chi connectivity index (χ4v) is 1.94. The molecule has 0 rings (SSSR count). The van der Waals surface area contributed by atoms with Crippen molar-refractivity contribution in [3.8, 4) is 0 Å². The average molecular weight is 210 g/mol. The predicted molar refractivity (Wildman–Crippen MR) is 51.6 cm³/mol. The van der Waals surface area contributed by atoms with Crippen LogP contribution in [0.2, 0.25) is 0 Å². The Kier molecular flexibility index (Phi) is 5.81. The van der Waals surface area contributed by atoms with Gasteiger partial charge in [0.2, 0.25) is 0 Å². The van der Waals surface area contributed by atoms with Crippen LogP contribution in [0.5, 0.6) is 0 Å². The fourth-order valence-electron chi connectivity index (χ4n) is 1.09. The van der Waals surface area contributed by atoms with Gasteiger partial charge in [0, 0.05) is 14.2 Å². The summed E-state index contributed by atoms with van der Waals surface area (Å²) in [4.78, 5) is 0. The van der Waals surface area contributed by atoms with Gasteiger partial charge in [0.15, 0.2) is 0 Å². The lowest BCUT2D eigenvalue weighted by Crippen LogP contribution is -2.11. The van der Waals surface area contributed by atoms with Crippen LogP contribution in [-0.2, 0) is 18.1 Å². The Hall–Kier alpha value is 0.110. The van der Waals surface area contributed by atoms with Gasteiger partial charge in [-0.05, 0) is 19.3 Å². The third-order valence-corrected chi connectivity index (χ3v) is 3.07. The quantitative estimate of drug-likeness (QED) is 0.632. The predicted octanol–water partition coefficient (Wildman–Crippen LogP) is 2.84. The molecule has 0 aromatic rings. The van der Waals surface area contributed by atoms with E-state index >= 15 is 0 Å². The summed E-state index contributed by atoms with van der Waals surface area (Å²) in [5, 5.41) is 0. The van der Waals surface area contributed by atoms with E-state index in [1.165, 1.54) is 14.2 Å². The minimum atomic E-state index is -3.29. The minimum Gasteiger partial charge on any atom is -0.290 e. The topological polar surface area (TPSA) is 44.8 Å². The zero-order valence-electron chi connectivity index (χ0n) is 8.94. The molecule has 0 aliphatic heterocycles. The maximum Gasteiger partial charge on any atom is 0.474 e. The molecule has 0 radical (unpaired) electrons. The minimum absolute atomic E-state index is 0.120. The zero-order valence-corrected chi connectivity index (χ0v) is 9.84. The Labute approximate surface area is 80.2 Å². The van der Waals surface area contributed by atoms with Gasteiger partial charge in [-0.2, -0.15) is 0 Å². The van der Waals surface area contributed by atoms with Crippen molar-refractivity contribution in [1.82, 2.24) is 0 Å². The van der Waals surface area contributed by atoms with Crippen LogP contribution in [0.1, 0.15) is 27.2 Å². The molecule has 0 heterocycles. The molecule has 0 aliphatic carbocycles. The number of rotatable bonds is 6. The van der Waals surface area contributed by atoms with Crippen LogP contribution in [-0.4, -0.2) is 20.3 Å². The number of hydrogen-bond donors (Lipinski definition) is 0. The summed E-state index contributed by atoms with van der Waals surface area (Å²) in [5.74, 6) is 0.497. The third kappa shape index (κ3) is 5.42. The third-order valence-electron chi connectivity index (χ3n) is 1.56. The lowest BCUT2D eigenvalue weighted by Gasteiger charge is -2.19. The molecule has 0 bridgehead atoms. The van der Waals surface area contributed by atoms with Crippen LogP contribution in [0.3, 0.4) is 0 Å². The van der Waals surface area contributed by atoms with Gasteiger partial charge in [0.1, 0.15) is 0 Å². The Morgan fingerprint density at radius 2 is 1.62 bits per heavy atom. The van der Waals surface area contributed by atoms with Gasteiger partial charge in [-0.3, -0.25) is 13.6 Å². The summed E-state index contributed by atoms with van der Waals surface area (Å²) < 4.78 is 25.9. The van der Waals surface area contributed by atoms with E-state index in [1.54, 1.807) is 0 Å². The average Bonchev–Trinajstić information content (AvgIpc) is 2.02. The van der Waals surface area contributed by atoms with E-state index in [0.29, 0.717) is 5.92 Å². The molecule has 0 aromatic heterocycles. The van der Waals surface area contributed by atoms with Crippen LogP contribution < -0.4 is 0 Å². The molecule has 0 aliphatic rings. The van der Waals surface area contributed by atoms with E-state index in [1.807, 2.05) is 6.92 Å². The highest BCUT2D eigenvalue weighted by molar-refractivity contribution is 7.48. The molecule has 0 spiro atoms. The first-order valence-electron chi connectivity index (χ1n) is 4.33. The normalized spacial score (nSPS) is 14.9. The van der Waals surface area contributed by atoms with E-state index in [2.05, 4.69) is 22.9 Å². The highest BCUT2D eigenvalue weighted by atomic mass is 31.2. The molecule has 5 heteroatoms. The summed E-state index contributed by atoms with van der Waals surface area (Å²) in [6.45, 7) is 6.00. The second kappa shape index (κ2) is 5.76. The molecular weight excluding hydrogens is 191 g/mol. The van der Waals surface area contributed by atoms with E-state index in [9.17, 15) is 4.57 Å². The molecule has 4 nitrogen and oxygen atoms in total. The number of phosphoric ester groups is 1. The van der Waals surface area contributed by atoms with E-state index < -0.39 is 7.82 Å².